The van der Waals surface area contributed by atoms with Crippen molar-refractivity contribution in [3.63, 3.8) is 0 Å². The highest BCUT2D eigenvalue weighted by molar-refractivity contribution is 5.83. The van der Waals surface area contributed by atoms with E-state index in [0.717, 1.165) is 27.7 Å². The quantitative estimate of drug-likeness (QED) is 0.774. The normalized spacial score (nSPS) is 11.2. The summed E-state index contributed by atoms with van der Waals surface area (Å²) in [5, 5.41) is 29.1. The van der Waals surface area contributed by atoms with E-state index in [1.165, 1.54) is 0 Å². The van der Waals surface area contributed by atoms with Crippen molar-refractivity contribution < 1.29 is 5.11 Å². The van der Waals surface area contributed by atoms with Gasteiger partial charge in [-0.15, -0.1) is 0 Å². The molecule has 0 amide bonds. The molecule has 24 heavy (non-hydrogen) atoms. The fourth-order valence-corrected chi connectivity index (χ4v) is 2.97. The molecule has 1 aromatic heterocycles. The Morgan fingerprint density at radius 2 is 2.00 bits per heavy atom. The third-order valence-electron chi connectivity index (χ3n) is 3.94. The molecule has 0 atom stereocenters. The van der Waals surface area contributed by atoms with Crippen molar-refractivity contribution in [2.45, 2.75) is 25.9 Å². The third kappa shape index (κ3) is 2.74. The molecular weight excluding hydrogens is 300 g/mol. The lowest BCUT2D eigenvalue weighted by molar-refractivity contribution is 0.0789. The van der Waals surface area contributed by atoms with Crippen LogP contribution in [0.25, 0.3) is 22.2 Å². The number of aliphatic hydroxyl groups is 1. The summed E-state index contributed by atoms with van der Waals surface area (Å²) in [5.41, 5.74) is 3.84. The summed E-state index contributed by atoms with van der Waals surface area (Å²) < 4.78 is 0. The van der Waals surface area contributed by atoms with Crippen LogP contribution >= 0.6 is 0 Å². The molecule has 5 heteroatoms. The Morgan fingerprint density at radius 1 is 1.21 bits per heavy atom. The second-order valence-electron chi connectivity index (χ2n) is 6.21. The van der Waals surface area contributed by atoms with Gasteiger partial charge in [0.2, 0.25) is 0 Å². The maximum atomic E-state index is 10.6. The van der Waals surface area contributed by atoms with E-state index in [0.29, 0.717) is 11.1 Å². The Kier molecular flexibility index (Phi) is 3.81. The van der Waals surface area contributed by atoms with Gasteiger partial charge in [0.15, 0.2) is 0 Å². The molecule has 0 unspecified atom stereocenters. The standard InChI is InChI=1S/C19H16N4O/c1-19(2,24)18-14(10-21)7-12(5-6-20)8-15(18)13-3-4-16-17(9-13)23-11-22-16/h3-4,7-9,11,24H,5H2,1-2H3,(H,22,23). The van der Waals surface area contributed by atoms with Gasteiger partial charge in [0, 0.05) is 5.56 Å². The van der Waals surface area contributed by atoms with E-state index in [4.69, 9.17) is 5.26 Å². The van der Waals surface area contributed by atoms with E-state index in [-0.39, 0.29) is 6.42 Å². The van der Waals surface area contributed by atoms with Crippen molar-refractivity contribution >= 4 is 11.0 Å². The highest BCUT2D eigenvalue weighted by Gasteiger charge is 2.25. The zero-order valence-corrected chi connectivity index (χ0v) is 13.5. The van der Waals surface area contributed by atoms with Crippen molar-refractivity contribution in [2.75, 3.05) is 0 Å². The van der Waals surface area contributed by atoms with Gasteiger partial charge >= 0.3 is 0 Å². The van der Waals surface area contributed by atoms with E-state index < -0.39 is 5.60 Å². The molecule has 2 aromatic carbocycles. The van der Waals surface area contributed by atoms with Gasteiger partial charge in [0.05, 0.1) is 47.1 Å². The molecule has 0 aliphatic heterocycles. The summed E-state index contributed by atoms with van der Waals surface area (Å²) in [4.78, 5) is 7.27. The molecule has 0 saturated heterocycles. The molecular formula is C19H16N4O. The molecule has 0 aliphatic rings. The number of nitrogens with zero attached hydrogens (tertiary/aromatic N) is 3. The van der Waals surface area contributed by atoms with E-state index in [1.807, 2.05) is 24.3 Å². The largest absolute Gasteiger partial charge is 0.386 e. The Bertz CT molecular complexity index is 997. The number of imidazole rings is 1. The maximum Gasteiger partial charge on any atom is 0.0995 e. The predicted octanol–water partition coefficient (Wildman–Crippen LogP) is 3.40. The summed E-state index contributed by atoms with van der Waals surface area (Å²) in [6.07, 6.45) is 1.83. The van der Waals surface area contributed by atoms with Crippen LogP contribution in [0.15, 0.2) is 36.7 Å². The van der Waals surface area contributed by atoms with E-state index in [2.05, 4.69) is 22.1 Å². The van der Waals surface area contributed by atoms with Crippen molar-refractivity contribution in [3.05, 3.63) is 53.3 Å². The van der Waals surface area contributed by atoms with Crippen LogP contribution in [0.1, 0.15) is 30.5 Å². The number of H-pyrrole nitrogens is 1. The van der Waals surface area contributed by atoms with Crippen LogP contribution in [0.3, 0.4) is 0 Å². The van der Waals surface area contributed by atoms with Crippen LogP contribution in [0.5, 0.6) is 0 Å². The summed E-state index contributed by atoms with van der Waals surface area (Å²) in [6.45, 7) is 3.32. The second kappa shape index (κ2) is 5.81. The first-order chi connectivity index (χ1) is 11.4. The zero-order chi connectivity index (χ0) is 17.3. The smallest absolute Gasteiger partial charge is 0.0995 e. The number of fused-ring (bicyclic) bond motifs is 1. The lowest BCUT2D eigenvalue weighted by Gasteiger charge is -2.24. The molecule has 2 N–H and O–H groups in total. The van der Waals surface area contributed by atoms with E-state index in [9.17, 15) is 10.4 Å². The molecule has 0 saturated carbocycles. The van der Waals surface area contributed by atoms with Gasteiger partial charge in [0.1, 0.15) is 0 Å². The Balaban J connectivity index is 2.33. The summed E-state index contributed by atoms with van der Waals surface area (Å²) in [5.74, 6) is 0. The summed E-state index contributed by atoms with van der Waals surface area (Å²) >= 11 is 0. The first-order valence-electron chi connectivity index (χ1n) is 7.54. The number of aromatic nitrogens is 2. The third-order valence-corrected chi connectivity index (χ3v) is 3.94. The van der Waals surface area contributed by atoms with Crippen LogP contribution in [0, 0.1) is 22.7 Å². The summed E-state index contributed by atoms with van der Waals surface area (Å²) in [6, 6.07) is 13.5. The average Bonchev–Trinajstić information content (AvgIpc) is 3.00. The van der Waals surface area contributed by atoms with Crippen LogP contribution < -0.4 is 0 Å². The highest BCUT2D eigenvalue weighted by Crippen LogP contribution is 2.36. The highest BCUT2D eigenvalue weighted by atomic mass is 16.3. The summed E-state index contributed by atoms with van der Waals surface area (Å²) in [7, 11) is 0. The number of aromatic amines is 1. The molecule has 0 spiro atoms. The van der Waals surface area contributed by atoms with Gasteiger partial charge in [-0.05, 0) is 54.8 Å². The predicted molar refractivity (Wildman–Crippen MR) is 90.8 cm³/mol. The van der Waals surface area contributed by atoms with Crippen LogP contribution in [0.2, 0.25) is 0 Å². The Labute approximate surface area is 139 Å². The van der Waals surface area contributed by atoms with Gasteiger partial charge in [-0.3, -0.25) is 0 Å². The minimum absolute atomic E-state index is 0.208. The van der Waals surface area contributed by atoms with E-state index >= 15 is 0 Å². The molecule has 3 rings (SSSR count). The monoisotopic (exact) mass is 316 g/mol. The average molecular weight is 316 g/mol. The van der Waals surface area contributed by atoms with Crippen LogP contribution in [-0.2, 0) is 12.0 Å². The van der Waals surface area contributed by atoms with Gasteiger partial charge in [-0.2, -0.15) is 10.5 Å². The van der Waals surface area contributed by atoms with Gasteiger partial charge in [0.25, 0.3) is 0 Å². The molecule has 0 fully saturated rings. The lowest BCUT2D eigenvalue weighted by Crippen LogP contribution is -2.19. The second-order valence-corrected chi connectivity index (χ2v) is 6.21. The van der Waals surface area contributed by atoms with Gasteiger partial charge in [-0.25, -0.2) is 4.98 Å². The topological polar surface area (TPSA) is 96.5 Å². The molecule has 118 valence electrons. The number of nitriles is 2. The fraction of sp³-hybridized carbons (Fsp3) is 0.211. The molecule has 0 bridgehead atoms. The van der Waals surface area contributed by atoms with Crippen molar-refractivity contribution in [2.24, 2.45) is 0 Å². The zero-order valence-electron chi connectivity index (χ0n) is 13.5. The van der Waals surface area contributed by atoms with Gasteiger partial charge in [-0.1, -0.05) is 6.07 Å². The number of rotatable bonds is 3. The Morgan fingerprint density at radius 3 is 2.67 bits per heavy atom. The molecule has 3 aromatic rings. The van der Waals surface area contributed by atoms with Crippen LogP contribution in [0.4, 0.5) is 0 Å². The molecule has 5 nitrogen and oxygen atoms in total. The van der Waals surface area contributed by atoms with Crippen molar-refractivity contribution in [1.82, 2.24) is 9.97 Å². The molecule has 1 heterocycles. The maximum absolute atomic E-state index is 10.6. The fourth-order valence-electron chi connectivity index (χ4n) is 2.97. The first kappa shape index (κ1) is 15.7. The van der Waals surface area contributed by atoms with Crippen LogP contribution in [-0.4, -0.2) is 15.1 Å². The first-order valence-corrected chi connectivity index (χ1v) is 7.54. The SMILES string of the molecule is CC(C)(O)c1c(C#N)cc(CC#N)cc1-c1ccc2nc[nH]c2c1. The number of benzene rings is 2. The van der Waals surface area contributed by atoms with Gasteiger partial charge < -0.3 is 10.1 Å². The number of nitrogens with one attached hydrogen (secondary N) is 1. The van der Waals surface area contributed by atoms with Crippen molar-refractivity contribution in [1.29, 1.82) is 10.5 Å². The lowest BCUT2D eigenvalue weighted by atomic mass is 9.84. The molecule has 0 aliphatic carbocycles. The number of hydrogen-bond acceptors (Lipinski definition) is 4. The minimum atomic E-state index is -1.19. The van der Waals surface area contributed by atoms with Crippen molar-refractivity contribution in [3.8, 4) is 23.3 Å². The number of hydrogen-bond donors (Lipinski definition) is 2. The van der Waals surface area contributed by atoms with E-state index in [1.54, 1.807) is 26.2 Å². The minimum Gasteiger partial charge on any atom is -0.386 e. The Hall–Kier alpha value is -3.15. The molecule has 0 radical (unpaired) electrons.